The Morgan fingerprint density at radius 3 is 1.29 bits per heavy atom. The highest BCUT2D eigenvalue weighted by Gasteiger charge is 2.27. The first-order valence-corrected chi connectivity index (χ1v) is 29.8. The molecule has 0 spiro atoms. The number of hydrogen-bond donors (Lipinski definition) is 3. The van der Waals surface area contributed by atoms with E-state index in [0.717, 1.165) is 77.0 Å². The van der Waals surface area contributed by atoms with Crippen molar-refractivity contribution in [1.29, 1.82) is 0 Å². The van der Waals surface area contributed by atoms with Crippen molar-refractivity contribution in [3.05, 3.63) is 72.9 Å². The summed E-state index contributed by atoms with van der Waals surface area (Å²) in [6.07, 6.45) is 68.6. The van der Waals surface area contributed by atoms with E-state index in [2.05, 4.69) is 79.9 Å². The Labute approximate surface area is 421 Å². The summed E-state index contributed by atoms with van der Waals surface area (Å²) in [6, 6.07) is -0.869. The van der Waals surface area contributed by atoms with Crippen LogP contribution in [0.3, 0.4) is 0 Å². The lowest BCUT2D eigenvalue weighted by molar-refractivity contribution is -0.870. The van der Waals surface area contributed by atoms with Crippen LogP contribution in [-0.2, 0) is 18.4 Å². The van der Waals surface area contributed by atoms with Gasteiger partial charge in [0.2, 0.25) is 5.91 Å². The van der Waals surface area contributed by atoms with Crippen LogP contribution < -0.4 is 5.32 Å². The Balaban J connectivity index is 4.26. The highest BCUT2D eigenvalue weighted by Crippen LogP contribution is 2.43. The maximum absolute atomic E-state index is 12.9. The molecule has 0 aromatic carbocycles. The molecular weight excluding hydrogens is 864 g/mol. The number of likely N-dealkylation sites (N-methyl/N-ethyl adjacent to an activating group) is 1. The zero-order valence-corrected chi connectivity index (χ0v) is 46.0. The number of allylic oxidation sites excluding steroid dienone is 11. The van der Waals surface area contributed by atoms with Crippen LogP contribution in [0.2, 0.25) is 0 Å². The van der Waals surface area contributed by atoms with Gasteiger partial charge in [0.25, 0.3) is 0 Å². The number of amides is 1. The topological polar surface area (TPSA) is 105 Å². The monoisotopic (exact) mass is 974 g/mol. The van der Waals surface area contributed by atoms with Gasteiger partial charge in [0, 0.05) is 6.42 Å². The predicted octanol–water partition coefficient (Wildman–Crippen LogP) is 17.1. The van der Waals surface area contributed by atoms with E-state index >= 15 is 0 Å². The third-order valence-corrected chi connectivity index (χ3v) is 13.4. The van der Waals surface area contributed by atoms with Crippen molar-refractivity contribution in [2.24, 2.45) is 0 Å². The molecule has 0 bridgehead atoms. The average Bonchev–Trinajstić information content (AvgIpc) is 3.30. The maximum Gasteiger partial charge on any atom is 0.472 e. The van der Waals surface area contributed by atoms with Gasteiger partial charge in [-0.15, -0.1) is 0 Å². The number of carbonyl (C=O) groups excluding carboxylic acids is 1. The zero-order chi connectivity index (χ0) is 49.9. The van der Waals surface area contributed by atoms with Gasteiger partial charge in [0.15, 0.2) is 0 Å². The SMILES string of the molecule is CC/C=C\C/C=C\C/C=C\C/C=C\C/C=C\CCCCCC(=O)NC(COP(=O)(O)OCC[N+](C)(C)C)C(O)/C=C/CCCCCCCCCCCCCCCCCCCCCCCCCCC. The number of aliphatic hydroxyl groups is 1. The summed E-state index contributed by atoms with van der Waals surface area (Å²) >= 11 is 0. The van der Waals surface area contributed by atoms with Gasteiger partial charge in [-0.05, 0) is 64.2 Å². The van der Waals surface area contributed by atoms with Crippen molar-refractivity contribution >= 4 is 13.7 Å². The number of nitrogens with one attached hydrogen (secondary N) is 1. The Morgan fingerprint density at radius 1 is 0.515 bits per heavy atom. The van der Waals surface area contributed by atoms with Crippen LogP contribution in [0.5, 0.6) is 0 Å². The van der Waals surface area contributed by atoms with Crippen LogP contribution in [-0.4, -0.2) is 73.4 Å². The standard InChI is InChI=1S/C59H109N2O6P/c1-6-8-10-12-14-16-18-20-22-24-26-27-28-29-30-31-32-33-35-36-38-40-42-44-46-48-50-52-58(62)57(56-67-68(64,65)66-55-54-61(3,4)5)60-59(63)53-51-49-47-45-43-41-39-37-34-25-23-21-19-17-15-13-11-9-7-2/h9,11,15,17,21,23,34,37,41,43,50,52,57-58,62H,6-8,10,12-14,16,18-20,22,24-33,35-36,38-40,42,44-49,51,53-56H2,1-5H3,(H-,60,63,64,65)/p+1/b11-9-,17-15-,23-21-,37-34-,43-41-,52-50+. The van der Waals surface area contributed by atoms with Crippen LogP contribution in [0.4, 0.5) is 0 Å². The number of unbranched alkanes of at least 4 members (excludes halogenated alkanes) is 28. The third-order valence-electron chi connectivity index (χ3n) is 12.4. The molecule has 0 aliphatic rings. The summed E-state index contributed by atoms with van der Waals surface area (Å²) < 4.78 is 23.7. The molecule has 0 fully saturated rings. The molecular formula is C59H110N2O6P+. The van der Waals surface area contributed by atoms with Gasteiger partial charge >= 0.3 is 7.82 Å². The fourth-order valence-electron chi connectivity index (χ4n) is 8.01. The van der Waals surface area contributed by atoms with Crippen molar-refractivity contribution in [1.82, 2.24) is 5.32 Å². The lowest BCUT2D eigenvalue weighted by Crippen LogP contribution is -2.45. The largest absolute Gasteiger partial charge is 0.472 e. The van der Waals surface area contributed by atoms with Crippen LogP contribution >= 0.6 is 7.82 Å². The Hall–Kier alpha value is -2.06. The molecule has 0 aromatic rings. The Kier molecular flexibility index (Phi) is 48.4. The summed E-state index contributed by atoms with van der Waals surface area (Å²) in [6.45, 7) is 4.69. The number of phosphoric ester groups is 1. The second-order valence-corrected chi connectivity index (χ2v) is 21.7. The number of hydrogen-bond acceptors (Lipinski definition) is 5. The highest BCUT2D eigenvalue weighted by atomic mass is 31.2. The minimum Gasteiger partial charge on any atom is -0.387 e. The van der Waals surface area contributed by atoms with E-state index in [1.54, 1.807) is 6.08 Å². The van der Waals surface area contributed by atoms with Gasteiger partial charge in [-0.25, -0.2) is 4.57 Å². The summed E-state index contributed by atoms with van der Waals surface area (Å²) in [5, 5.41) is 13.9. The number of rotatable bonds is 51. The first kappa shape index (κ1) is 65.9. The molecule has 0 aliphatic carbocycles. The summed E-state index contributed by atoms with van der Waals surface area (Å²) in [4.78, 5) is 23.3. The third kappa shape index (κ3) is 51.8. The molecule has 396 valence electrons. The molecule has 3 N–H and O–H groups in total. The molecule has 0 rings (SSSR count). The van der Waals surface area contributed by atoms with Gasteiger partial charge in [0.05, 0.1) is 39.9 Å². The van der Waals surface area contributed by atoms with Crippen molar-refractivity contribution < 1.29 is 32.9 Å². The van der Waals surface area contributed by atoms with Crippen molar-refractivity contribution in [3.8, 4) is 0 Å². The molecule has 8 nitrogen and oxygen atoms in total. The number of carbonyl (C=O) groups is 1. The molecule has 3 unspecified atom stereocenters. The first-order valence-electron chi connectivity index (χ1n) is 28.3. The minimum atomic E-state index is -4.36. The summed E-state index contributed by atoms with van der Waals surface area (Å²) in [5.74, 6) is -0.208. The molecule has 0 aliphatic heterocycles. The fraction of sp³-hybridized carbons (Fsp3) is 0.780. The Bertz CT molecular complexity index is 1330. The van der Waals surface area contributed by atoms with E-state index in [4.69, 9.17) is 9.05 Å². The van der Waals surface area contributed by atoms with E-state index in [1.165, 1.54) is 148 Å². The van der Waals surface area contributed by atoms with Crippen molar-refractivity contribution in [3.63, 3.8) is 0 Å². The molecule has 0 radical (unpaired) electrons. The Morgan fingerprint density at radius 2 is 0.882 bits per heavy atom. The molecule has 9 heteroatoms. The number of aliphatic hydroxyl groups excluding tert-OH is 1. The van der Waals surface area contributed by atoms with Crippen molar-refractivity contribution in [2.45, 2.75) is 257 Å². The lowest BCUT2D eigenvalue weighted by atomic mass is 10.0. The second-order valence-electron chi connectivity index (χ2n) is 20.3. The van der Waals surface area contributed by atoms with Crippen LogP contribution in [0.15, 0.2) is 72.9 Å². The smallest absolute Gasteiger partial charge is 0.387 e. The van der Waals surface area contributed by atoms with Crippen LogP contribution in [0.1, 0.15) is 245 Å². The minimum absolute atomic E-state index is 0.0516. The summed E-state index contributed by atoms with van der Waals surface area (Å²) in [7, 11) is 1.54. The lowest BCUT2D eigenvalue weighted by Gasteiger charge is -2.25. The van der Waals surface area contributed by atoms with Gasteiger partial charge in [0.1, 0.15) is 13.2 Å². The predicted molar refractivity (Wildman–Crippen MR) is 295 cm³/mol. The van der Waals surface area contributed by atoms with Gasteiger partial charge in [-0.2, -0.15) is 0 Å². The van der Waals surface area contributed by atoms with E-state index in [9.17, 15) is 19.4 Å². The zero-order valence-electron chi connectivity index (χ0n) is 45.1. The number of nitrogens with zero attached hydrogens (tertiary/aromatic N) is 1. The van der Waals surface area contributed by atoms with Gasteiger partial charge in [-0.3, -0.25) is 13.8 Å². The van der Waals surface area contributed by atoms with Crippen LogP contribution in [0, 0.1) is 0 Å². The van der Waals surface area contributed by atoms with Gasteiger partial charge in [-0.1, -0.05) is 247 Å². The summed E-state index contributed by atoms with van der Waals surface area (Å²) in [5.41, 5.74) is 0. The molecule has 0 aromatic heterocycles. The van der Waals surface area contributed by atoms with E-state index < -0.39 is 20.0 Å². The van der Waals surface area contributed by atoms with E-state index in [0.29, 0.717) is 17.4 Å². The van der Waals surface area contributed by atoms with Gasteiger partial charge < -0.3 is 19.8 Å². The quantitative estimate of drug-likeness (QED) is 0.0243. The molecule has 1 amide bonds. The van der Waals surface area contributed by atoms with E-state index in [-0.39, 0.29) is 19.1 Å². The number of quaternary nitrogens is 1. The normalized spacial score (nSPS) is 14.5. The molecule has 3 atom stereocenters. The van der Waals surface area contributed by atoms with E-state index in [1.807, 2.05) is 27.2 Å². The van der Waals surface area contributed by atoms with Crippen molar-refractivity contribution in [2.75, 3.05) is 40.9 Å². The number of phosphoric acid groups is 1. The first-order chi connectivity index (χ1) is 33.0. The average molecular weight is 975 g/mol. The molecule has 0 heterocycles. The molecule has 68 heavy (non-hydrogen) atoms. The fourth-order valence-corrected chi connectivity index (χ4v) is 8.75. The maximum atomic E-state index is 12.9. The molecule has 0 saturated heterocycles. The second kappa shape index (κ2) is 49.9. The highest BCUT2D eigenvalue weighted by molar-refractivity contribution is 7.47. The van der Waals surface area contributed by atoms with Crippen LogP contribution in [0.25, 0.3) is 0 Å². The molecule has 0 saturated carbocycles.